The summed E-state index contributed by atoms with van der Waals surface area (Å²) in [6.07, 6.45) is -7.23. The zero-order chi connectivity index (χ0) is 47.8. The van der Waals surface area contributed by atoms with Crippen molar-refractivity contribution in [1.29, 1.82) is 0 Å². The van der Waals surface area contributed by atoms with E-state index in [2.05, 4.69) is 38.4 Å². The first-order valence-electron chi connectivity index (χ1n) is 17.8. The molecule has 0 heterocycles. The zero-order valence-electron chi connectivity index (χ0n) is 32.5. The van der Waals surface area contributed by atoms with Crippen molar-refractivity contribution >= 4 is 47.7 Å². The van der Waals surface area contributed by atoms with Gasteiger partial charge in [-0.1, -0.05) is 18.2 Å². The highest BCUT2D eigenvalue weighted by molar-refractivity contribution is 7.20. The molecule has 0 unspecified atom stereocenters. The third-order valence-corrected chi connectivity index (χ3v) is 12.5. The fourth-order valence-electron chi connectivity index (χ4n) is 6.85. The van der Waals surface area contributed by atoms with Crippen LogP contribution in [0.25, 0.3) is 0 Å². The Morgan fingerprint density at radius 3 is 0.794 bits per heavy atom. The minimum absolute atomic E-state index is 0.705. The van der Waals surface area contributed by atoms with Crippen molar-refractivity contribution in [1.82, 2.24) is 0 Å². The highest BCUT2D eigenvalue weighted by Crippen LogP contribution is 2.31. The molecule has 0 radical (unpaired) electrons. The molecular formula is C38H27BF19NO3Si. The first kappa shape index (κ1) is 50.5. The molecular weight excluding hydrogens is 918 g/mol. The molecule has 0 aromatic heterocycles. The molecule has 25 heteroatoms. The van der Waals surface area contributed by atoms with Crippen LogP contribution in [0.3, 0.4) is 0 Å². The summed E-state index contributed by atoms with van der Waals surface area (Å²) in [6, 6.07) is 10.4. The molecule has 0 spiro atoms. The molecule has 0 aliphatic heterocycles. The Morgan fingerprint density at radius 2 is 0.587 bits per heavy atom. The van der Waals surface area contributed by atoms with Crippen LogP contribution in [0.5, 0.6) is 0 Å². The summed E-state index contributed by atoms with van der Waals surface area (Å²) >= 11 is 0. The normalized spacial score (nSPS) is 12.0. The fraction of sp³-hybridized carbons (Fsp3) is 0.211. The molecule has 5 rings (SSSR count). The van der Waals surface area contributed by atoms with E-state index in [-0.39, 0.29) is 0 Å². The van der Waals surface area contributed by atoms with Gasteiger partial charge < -0.3 is 18.2 Å². The van der Waals surface area contributed by atoms with Crippen LogP contribution in [-0.2, 0) is 13.3 Å². The van der Waals surface area contributed by atoms with Gasteiger partial charge in [0.25, 0.3) is 0 Å². The predicted molar refractivity (Wildman–Crippen MR) is 188 cm³/mol. The molecule has 0 bridgehead atoms. The van der Waals surface area contributed by atoms with E-state index in [1.165, 1.54) is 10.6 Å². The molecule has 4 nitrogen and oxygen atoms in total. The van der Waals surface area contributed by atoms with Gasteiger partial charge in [0, 0.05) is 19.8 Å². The Bertz CT molecular complexity index is 2270. The number of hydrogen-bond donors (Lipinski definition) is 1. The van der Waals surface area contributed by atoms with E-state index in [1.807, 2.05) is 6.07 Å². The molecule has 0 atom stereocenters. The third kappa shape index (κ3) is 8.17. The van der Waals surface area contributed by atoms with E-state index in [9.17, 15) is 39.5 Å². The van der Waals surface area contributed by atoms with Crippen LogP contribution in [0.1, 0.15) is 20.8 Å². The van der Waals surface area contributed by atoms with E-state index in [4.69, 9.17) is 13.3 Å². The molecule has 5 aromatic carbocycles. The van der Waals surface area contributed by atoms with Crippen LogP contribution in [0.4, 0.5) is 89.1 Å². The van der Waals surface area contributed by atoms with E-state index >= 15 is 43.9 Å². The molecule has 5 aromatic rings. The second-order valence-corrected chi connectivity index (χ2v) is 15.6. The minimum atomic E-state index is -7.23. The van der Waals surface area contributed by atoms with Crippen LogP contribution < -0.4 is 31.9 Å². The van der Waals surface area contributed by atoms with Crippen LogP contribution >= 0.6 is 0 Å². The summed E-state index contributed by atoms with van der Waals surface area (Å²) in [4.78, 5) is 1.37. The van der Waals surface area contributed by atoms with Gasteiger partial charge in [-0.05, 0) is 32.9 Å². The summed E-state index contributed by atoms with van der Waals surface area (Å²) in [7, 11) is -1.22. The minimum Gasteiger partial charge on any atom is -0.370 e. The summed E-state index contributed by atoms with van der Waals surface area (Å²) in [6.45, 7) is 1.10. The van der Waals surface area contributed by atoms with Gasteiger partial charge in [0.15, 0.2) is 64.0 Å². The Hall–Kier alpha value is -5.11. The highest BCUT2D eigenvalue weighted by Gasteiger charge is 2.55. The SMILES string of the molecule is CCO[Si](OCC)(OCC)c1c(F)c(F)c([B-](c2c(F)c(F)c(F)c(F)c2F)(c2c(F)c(F)c(F)c(F)c2F)c2c(F)c(F)c(F)c(F)c2F)c(F)c1F.C[NH+](C)c1ccccc1. The number of quaternary nitrogens is 1. The molecule has 0 saturated heterocycles. The van der Waals surface area contributed by atoms with E-state index in [1.54, 1.807) is 0 Å². The first-order valence-corrected chi connectivity index (χ1v) is 19.5. The van der Waals surface area contributed by atoms with E-state index in [0.29, 0.717) is 0 Å². The molecule has 1 N–H and O–H groups in total. The smallest absolute Gasteiger partial charge is 0.370 e. The summed E-state index contributed by atoms with van der Waals surface area (Å²) in [5, 5.41) is -2.14. The van der Waals surface area contributed by atoms with Gasteiger partial charge in [-0.2, -0.15) is 0 Å². The van der Waals surface area contributed by atoms with Gasteiger partial charge in [0.2, 0.25) is 0 Å². The fourth-order valence-corrected chi connectivity index (χ4v) is 9.43. The molecule has 342 valence electrons. The second-order valence-electron chi connectivity index (χ2n) is 13.1. The Labute approximate surface area is 344 Å². The van der Waals surface area contributed by atoms with Crippen molar-refractivity contribution in [3.05, 3.63) is 141 Å². The quantitative estimate of drug-likeness (QED) is 0.0679. The maximum absolute atomic E-state index is 16.7. The van der Waals surface area contributed by atoms with E-state index in [0.717, 1.165) is 20.8 Å². The average molecular weight is 945 g/mol. The standard InChI is InChI=1S/C30H15BF19O3Si.C8H11N/c1-4-51-54(52-5-2,53-6-3)30-28(49)17(38)10(18(39)29(30)50)31(7-11(32)19(40)25(46)20(41)12(7)33,8-13(34)21(42)26(47)22(43)14(8)35)9-15(36)23(44)27(48)24(45)16(9)37;1-9(2)8-6-4-3-5-7-8/h4-6H2,1-3H3;3-7H,1-2H3/q-1;/p+1. The predicted octanol–water partition coefficient (Wildman–Crippen LogP) is 6.42. The van der Waals surface area contributed by atoms with Gasteiger partial charge in [-0.15, -0.1) is 21.9 Å². The average Bonchev–Trinajstić information content (AvgIpc) is 3.25. The number of para-hydroxylation sites is 1. The molecule has 0 aliphatic rings. The van der Waals surface area contributed by atoms with Gasteiger partial charge in [0.1, 0.15) is 58.4 Å². The van der Waals surface area contributed by atoms with Crippen molar-refractivity contribution in [2.24, 2.45) is 0 Å². The molecule has 0 amide bonds. The van der Waals surface area contributed by atoms with Gasteiger partial charge in [-0.25, -0.2) is 83.4 Å². The molecule has 63 heavy (non-hydrogen) atoms. The number of halogens is 19. The zero-order valence-corrected chi connectivity index (χ0v) is 33.5. The second kappa shape index (κ2) is 19.3. The van der Waals surface area contributed by atoms with Crippen LogP contribution in [0.15, 0.2) is 30.3 Å². The monoisotopic (exact) mass is 945 g/mol. The van der Waals surface area contributed by atoms with Crippen molar-refractivity contribution < 1.29 is 102 Å². The number of benzene rings is 5. The topological polar surface area (TPSA) is 32.1 Å². The molecule has 0 saturated carbocycles. The van der Waals surface area contributed by atoms with Crippen molar-refractivity contribution in [2.45, 2.75) is 20.8 Å². The Morgan fingerprint density at radius 1 is 0.365 bits per heavy atom. The number of hydrogen-bond acceptors (Lipinski definition) is 3. The summed E-state index contributed by atoms with van der Waals surface area (Å²) in [5.74, 6) is -66.2. The van der Waals surface area contributed by atoms with E-state index < -0.39 is 172 Å². The van der Waals surface area contributed by atoms with Crippen molar-refractivity contribution in [3.8, 4) is 0 Å². The third-order valence-electron chi connectivity index (χ3n) is 9.42. The van der Waals surface area contributed by atoms with Gasteiger partial charge >= 0.3 is 8.80 Å². The number of rotatable bonds is 12. The highest BCUT2D eigenvalue weighted by atomic mass is 28.4. The maximum atomic E-state index is 16.7. The lowest BCUT2D eigenvalue weighted by atomic mass is 9.12. The lowest BCUT2D eigenvalue weighted by Gasteiger charge is -2.45. The maximum Gasteiger partial charge on any atom is 0.543 e. The van der Waals surface area contributed by atoms with Crippen LogP contribution in [0, 0.1) is 111 Å². The van der Waals surface area contributed by atoms with Crippen LogP contribution in [0.2, 0.25) is 0 Å². The summed E-state index contributed by atoms with van der Waals surface area (Å²) in [5.41, 5.74) is -12.7. The lowest BCUT2D eigenvalue weighted by Crippen LogP contribution is -3.00. The lowest BCUT2D eigenvalue weighted by molar-refractivity contribution is -0.786. The van der Waals surface area contributed by atoms with Gasteiger partial charge in [-0.3, -0.25) is 0 Å². The summed E-state index contributed by atoms with van der Waals surface area (Å²) < 4.78 is 309. The van der Waals surface area contributed by atoms with Crippen LogP contribution in [-0.4, -0.2) is 48.9 Å². The molecule has 0 aliphatic carbocycles. The Kier molecular flexibility index (Phi) is 15.5. The first-order chi connectivity index (χ1) is 29.4. The largest absolute Gasteiger partial charge is 0.543 e. The van der Waals surface area contributed by atoms with Gasteiger partial charge in [0.05, 0.1) is 19.3 Å². The molecule has 0 fully saturated rings. The van der Waals surface area contributed by atoms with Crippen molar-refractivity contribution in [3.63, 3.8) is 0 Å². The number of nitrogens with one attached hydrogen (secondary N) is 1. The van der Waals surface area contributed by atoms with Crippen molar-refractivity contribution in [2.75, 3.05) is 33.9 Å². The Balaban J connectivity index is 0.000000858.